The van der Waals surface area contributed by atoms with Crippen molar-refractivity contribution in [3.8, 4) is 0 Å². The van der Waals surface area contributed by atoms with E-state index >= 15 is 0 Å². The smallest absolute Gasteiger partial charge is 0.316 e. The van der Waals surface area contributed by atoms with Crippen LogP contribution in [0.15, 0.2) is 41.8 Å². The number of benzene rings is 1. The number of aromatic nitrogens is 3. The van der Waals surface area contributed by atoms with Crippen molar-refractivity contribution in [1.82, 2.24) is 15.0 Å². The molecule has 4 rings (SSSR count). The molecule has 0 aliphatic rings. The van der Waals surface area contributed by atoms with Gasteiger partial charge in [0, 0.05) is 32.9 Å². The van der Waals surface area contributed by atoms with E-state index in [4.69, 9.17) is 4.74 Å². The quantitative estimate of drug-likeness (QED) is 0.220. The lowest BCUT2D eigenvalue weighted by molar-refractivity contribution is -0.139. The predicted molar refractivity (Wildman–Crippen MR) is 111 cm³/mol. The van der Waals surface area contributed by atoms with E-state index in [0.29, 0.717) is 5.56 Å². The molecule has 28 heavy (non-hydrogen) atoms. The Morgan fingerprint density at radius 2 is 2.04 bits per heavy atom. The van der Waals surface area contributed by atoms with Crippen molar-refractivity contribution in [1.29, 1.82) is 0 Å². The molecular formula is C20H17N3O3S2. The van der Waals surface area contributed by atoms with Crippen molar-refractivity contribution in [3.63, 3.8) is 0 Å². The van der Waals surface area contributed by atoms with Crippen LogP contribution < -0.4 is 0 Å². The third-order valence-corrected chi connectivity index (χ3v) is 6.59. The highest BCUT2D eigenvalue weighted by Gasteiger charge is 2.16. The first-order chi connectivity index (χ1) is 13.5. The standard InChI is InChI=1S/C20H17N3O3S2/c1-11-12(2)28-20-18(11)19(22-10-23-20)27-9-17(25)26-8-16(24)14-7-21-15-6-4-3-5-13(14)15/h3-7,10,21H,8-9H2,1-2H3. The number of nitrogens with one attached hydrogen (secondary N) is 1. The monoisotopic (exact) mass is 411 g/mol. The summed E-state index contributed by atoms with van der Waals surface area (Å²) in [7, 11) is 0. The van der Waals surface area contributed by atoms with Crippen LogP contribution in [0.4, 0.5) is 0 Å². The number of Topliss-reactive ketones (excluding diaryl/α,β-unsaturated/α-hetero) is 1. The van der Waals surface area contributed by atoms with Crippen molar-refractivity contribution in [2.75, 3.05) is 12.4 Å². The second kappa shape index (κ2) is 7.73. The lowest BCUT2D eigenvalue weighted by atomic mass is 10.1. The molecule has 1 aromatic carbocycles. The lowest BCUT2D eigenvalue weighted by Gasteiger charge is -2.05. The Morgan fingerprint density at radius 3 is 2.89 bits per heavy atom. The molecule has 8 heteroatoms. The van der Waals surface area contributed by atoms with Gasteiger partial charge in [-0.15, -0.1) is 11.3 Å². The number of hydrogen-bond acceptors (Lipinski definition) is 7. The maximum atomic E-state index is 12.4. The number of H-pyrrole nitrogens is 1. The van der Waals surface area contributed by atoms with Gasteiger partial charge in [-0.25, -0.2) is 9.97 Å². The minimum atomic E-state index is -0.449. The highest BCUT2D eigenvalue weighted by molar-refractivity contribution is 8.00. The maximum absolute atomic E-state index is 12.4. The Morgan fingerprint density at radius 1 is 1.21 bits per heavy atom. The Hall–Kier alpha value is -2.71. The summed E-state index contributed by atoms with van der Waals surface area (Å²) in [4.78, 5) is 38.3. The molecule has 4 aromatic rings. The maximum Gasteiger partial charge on any atom is 0.316 e. The number of esters is 1. The molecule has 0 fully saturated rings. The summed E-state index contributed by atoms with van der Waals surface area (Å²) >= 11 is 2.91. The average Bonchev–Trinajstić information content (AvgIpc) is 3.26. The van der Waals surface area contributed by atoms with Gasteiger partial charge < -0.3 is 9.72 Å². The van der Waals surface area contributed by atoms with Crippen molar-refractivity contribution in [2.24, 2.45) is 0 Å². The normalized spacial score (nSPS) is 11.2. The molecule has 0 saturated heterocycles. The molecule has 3 heterocycles. The van der Waals surface area contributed by atoms with Gasteiger partial charge in [0.1, 0.15) is 16.2 Å². The number of hydrogen-bond donors (Lipinski definition) is 1. The summed E-state index contributed by atoms with van der Waals surface area (Å²) in [6, 6.07) is 7.52. The van der Waals surface area contributed by atoms with Gasteiger partial charge in [-0.2, -0.15) is 0 Å². The number of thiophene rings is 1. The number of ether oxygens (including phenoxy) is 1. The van der Waals surface area contributed by atoms with Crippen LogP contribution in [-0.2, 0) is 9.53 Å². The average molecular weight is 412 g/mol. The van der Waals surface area contributed by atoms with E-state index in [0.717, 1.165) is 31.7 Å². The number of nitrogens with zero attached hydrogens (tertiary/aromatic N) is 2. The Bertz CT molecular complexity index is 1200. The van der Waals surface area contributed by atoms with E-state index in [1.165, 1.54) is 23.0 Å². The minimum absolute atomic E-state index is 0.0849. The SMILES string of the molecule is Cc1sc2ncnc(SCC(=O)OCC(=O)c3c[nH]c4ccccc34)c2c1C. The summed E-state index contributed by atoms with van der Waals surface area (Å²) in [6.45, 7) is 3.79. The summed E-state index contributed by atoms with van der Waals surface area (Å²) in [6.07, 6.45) is 3.15. The molecule has 0 aliphatic heterocycles. The first kappa shape index (κ1) is 18.6. The number of aryl methyl sites for hydroxylation is 2. The van der Waals surface area contributed by atoms with E-state index in [-0.39, 0.29) is 18.1 Å². The first-order valence-electron chi connectivity index (χ1n) is 8.63. The zero-order valence-electron chi connectivity index (χ0n) is 15.3. The molecule has 0 unspecified atom stereocenters. The summed E-state index contributed by atoms with van der Waals surface area (Å²) in [5.41, 5.74) is 2.53. The first-order valence-corrected chi connectivity index (χ1v) is 10.4. The van der Waals surface area contributed by atoms with Crippen molar-refractivity contribution < 1.29 is 14.3 Å². The number of ketones is 1. The Balaban J connectivity index is 1.38. The van der Waals surface area contributed by atoms with Gasteiger partial charge in [0.05, 0.1) is 5.75 Å². The van der Waals surface area contributed by atoms with Crippen LogP contribution in [0.3, 0.4) is 0 Å². The van der Waals surface area contributed by atoms with Gasteiger partial charge >= 0.3 is 5.97 Å². The van der Waals surface area contributed by atoms with Crippen LogP contribution in [-0.4, -0.2) is 39.1 Å². The minimum Gasteiger partial charge on any atom is -0.457 e. The number of rotatable bonds is 6. The number of thioether (sulfide) groups is 1. The van der Waals surface area contributed by atoms with Crippen LogP contribution in [0.5, 0.6) is 0 Å². The van der Waals surface area contributed by atoms with Crippen LogP contribution in [0.1, 0.15) is 20.8 Å². The largest absolute Gasteiger partial charge is 0.457 e. The fourth-order valence-corrected chi connectivity index (χ4v) is 4.87. The molecule has 0 aliphatic carbocycles. The van der Waals surface area contributed by atoms with Gasteiger partial charge in [-0.1, -0.05) is 30.0 Å². The van der Waals surface area contributed by atoms with Crippen molar-refractivity contribution in [3.05, 3.63) is 52.8 Å². The third-order valence-electron chi connectivity index (χ3n) is 4.51. The highest BCUT2D eigenvalue weighted by Crippen LogP contribution is 2.34. The predicted octanol–water partition coefficient (Wildman–Crippen LogP) is 4.31. The number of fused-ring (bicyclic) bond motifs is 2. The Labute approximate surface area is 169 Å². The third kappa shape index (κ3) is 3.53. The van der Waals surface area contributed by atoms with E-state index in [1.54, 1.807) is 17.5 Å². The molecule has 0 amide bonds. The molecule has 142 valence electrons. The summed E-state index contributed by atoms with van der Waals surface area (Å²) in [5, 5.41) is 2.56. The molecule has 0 atom stereocenters. The Kier molecular flexibility index (Phi) is 5.15. The summed E-state index contributed by atoms with van der Waals surface area (Å²) < 4.78 is 5.18. The molecule has 0 bridgehead atoms. The molecule has 0 radical (unpaired) electrons. The highest BCUT2D eigenvalue weighted by atomic mass is 32.2. The van der Waals surface area contributed by atoms with Gasteiger partial charge in [0.15, 0.2) is 6.61 Å². The fraction of sp³-hybridized carbons (Fsp3) is 0.200. The number of para-hydroxylation sites is 1. The van der Waals surface area contributed by atoms with Gasteiger partial charge in [0.2, 0.25) is 5.78 Å². The van der Waals surface area contributed by atoms with Crippen LogP contribution in [0, 0.1) is 13.8 Å². The number of aromatic amines is 1. The molecule has 0 saturated carbocycles. The van der Waals surface area contributed by atoms with E-state index in [2.05, 4.69) is 15.0 Å². The molecular weight excluding hydrogens is 394 g/mol. The topological polar surface area (TPSA) is 84.9 Å². The number of carbonyl (C=O) groups is 2. The molecule has 6 nitrogen and oxygen atoms in total. The van der Waals surface area contributed by atoms with Crippen LogP contribution >= 0.6 is 23.1 Å². The van der Waals surface area contributed by atoms with Crippen LogP contribution in [0.2, 0.25) is 0 Å². The van der Waals surface area contributed by atoms with Crippen LogP contribution in [0.25, 0.3) is 21.1 Å². The van der Waals surface area contributed by atoms with Gasteiger partial charge in [0.25, 0.3) is 0 Å². The number of carbonyl (C=O) groups excluding carboxylic acids is 2. The summed E-state index contributed by atoms with van der Waals surface area (Å²) in [5.74, 6) is -0.596. The molecule has 3 aromatic heterocycles. The molecule has 0 spiro atoms. The fourth-order valence-electron chi connectivity index (χ4n) is 2.95. The van der Waals surface area contributed by atoms with E-state index in [1.807, 2.05) is 38.1 Å². The van der Waals surface area contributed by atoms with E-state index in [9.17, 15) is 9.59 Å². The van der Waals surface area contributed by atoms with Gasteiger partial charge in [-0.05, 0) is 25.5 Å². The second-order valence-electron chi connectivity index (χ2n) is 6.26. The zero-order chi connectivity index (χ0) is 19.7. The second-order valence-corrected chi connectivity index (χ2v) is 8.43. The zero-order valence-corrected chi connectivity index (χ0v) is 16.9. The van der Waals surface area contributed by atoms with Gasteiger partial charge in [-0.3, -0.25) is 9.59 Å². The van der Waals surface area contributed by atoms with Crippen molar-refractivity contribution >= 4 is 56.0 Å². The molecule has 1 N–H and O–H groups in total. The lowest BCUT2D eigenvalue weighted by Crippen LogP contribution is -2.15. The van der Waals surface area contributed by atoms with Crippen molar-refractivity contribution in [2.45, 2.75) is 18.9 Å². The van der Waals surface area contributed by atoms with E-state index < -0.39 is 5.97 Å².